The van der Waals surface area contributed by atoms with Crippen LogP contribution < -0.4 is 14.8 Å². The average molecular weight is 332 g/mol. The van der Waals surface area contributed by atoms with E-state index in [1.54, 1.807) is 37.5 Å². The smallest absolute Gasteiger partial charge is 0.248 e. The van der Waals surface area contributed by atoms with Gasteiger partial charge in [-0.3, -0.25) is 4.79 Å². The molecule has 0 heterocycles. The molecule has 0 radical (unpaired) electrons. The lowest BCUT2D eigenvalue weighted by Gasteiger charge is -2.11. The van der Waals surface area contributed by atoms with Crippen molar-refractivity contribution >= 4 is 29.3 Å². The molecule has 2 aromatic carbocycles. The maximum atomic E-state index is 12.0. The van der Waals surface area contributed by atoms with E-state index in [2.05, 4.69) is 5.32 Å². The van der Waals surface area contributed by atoms with Gasteiger partial charge in [-0.05, 0) is 36.8 Å². The predicted octanol–water partition coefficient (Wildman–Crippen LogP) is 4.40. The molecule has 0 bridgehead atoms. The second-order valence-corrected chi connectivity index (χ2v) is 5.05. The molecular weight excluding hydrogens is 314 g/mol. The molecule has 0 fully saturated rings. The zero-order valence-corrected chi connectivity index (χ0v) is 13.8. The highest BCUT2D eigenvalue weighted by atomic mass is 35.5. The lowest BCUT2D eigenvalue weighted by Crippen LogP contribution is -2.08. The Kier molecular flexibility index (Phi) is 6.06. The van der Waals surface area contributed by atoms with E-state index in [1.807, 2.05) is 25.1 Å². The van der Waals surface area contributed by atoms with E-state index in [4.69, 9.17) is 21.1 Å². The van der Waals surface area contributed by atoms with Crippen LogP contribution in [0.25, 0.3) is 6.08 Å². The monoisotopic (exact) mass is 331 g/mol. The van der Waals surface area contributed by atoms with Crippen molar-refractivity contribution in [2.75, 3.05) is 19.0 Å². The van der Waals surface area contributed by atoms with E-state index in [0.29, 0.717) is 28.8 Å². The number of carbonyl (C=O) groups is 1. The minimum absolute atomic E-state index is 0.254. The third-order valence-corrected chi connectivity index (χ3v) is 3.39. The van der Waals surface area contributed by atoms with Crippen molar-refractivity contribution in [3.8, 4) is 11.5 Å². The van der Waals surface area contributed by atoms with Crippen LogP contribution in [0.4, 0.5) is 5.69 Å². The molecule has 0 aliphatic heterocycles. The molecule has 0 aliphatic carbocycles. The lowest BCUT2D eigenvalue weighted by molar-refractivity contribution is -0.111. The fourth-order valence-corrected chi connectivity index (χ4v) is 2.18. The largest absolute Gasteiger partial charge is 0.493 e. The van der Waals surface area contributed by atoms with Gasteiger partial charge in [0.05, 0.1) is 13.7 Å². The topological polar surface area (TPSA) is 47.6 Å². The summed E-state index contributed by atoms with van der Waals surface area (Å²) >= 11 is 6.04. The molecule has 23 heavy (non-hydrogen) atoms. The fourth-order valence-electron chi connectivity index (χ4n) is 1.98. The SMILES string of the molecule is CCOc1ccc(NC(=O)/C=C/c2ccccc2Cl)cc1OC. The van der Waals surface area contributed by atoms with Gasteiger partial charge in [0, 0.05) is 22.9 Å². The molecular formula is C18H18ClNO3. The first-order valence-corrected chi connectivity index (χ1v) is 7.56. The van der Waals surface area contributed by atoms with Crippen LogP contribution in [0.15, 0.2) is 48.5 Å². The van der Waals surface area contributed by atoms with E-state index in [0.717, 1.165) is 5.56 Å². The number of nitrogens with one attached hydrogen (secondary N) is 1. The molecule has 0 saturated heterocycles. The summed E-state index contributed by atoms with van der Waals surface area (Å²) in [6, 6.07) is 12.5. The summed E-state index contributed by atoms with van der Waals surface area (Å²) in [7, 11) is 1.56. The molecule has 4 nitrogen and oxygen atoms in total. The maximum absolute atomic E-state index is 12.0. The fraction of sp³-hybridized carbons (Fsp3) is 0.167. The molecule has 5 heteroatoms. The van der Waals surface area contributed by atoms with Gasteiger partial charge in [0.2, 0.25) is 5.91 Å². The number of methoxy groups -OCH3 is 1. The highest BCUT2D eigenvalue weighted by Gasteiger charge is 2.06. The number of anilines is 1. The number of amides is 1. The zero-order valence-electron chi connectivity index (χ0n) is 13.0. The van der Waals surface area contributed by atoms with Gasteiger partial charge < -0.3 is 14.8 Å². The van der Waals surface area contributed by atoms with Gasteiger partial charge in [0.25, 0.3) is 0 Å². The first kappa shape index (κ1) is 16.9. The number of hydrogen-bond donors (Lipinski definition) is 1. The summed E-state index contributed by atoms with van der Waals surface area (Å²) < 4.78 is 10.7. The Morgan fingerprint density at radius 2 is 2.00 bits per heavy atom. The average Bonchev–Trinajstić information content (AvgIpc) is 2.55. The van der Waals surface area contributed by atoms with E-state index in [1.165, 1.54) is 6.08 Å². The number of carbonyl (C=O) groups excluding carboxylic acids is 1. The van der Waals surface area contributed by atoms with Crippen LogP contribution in [0.1, 0.15) is 12.5 Å². The van der Waals surface area contributed by atoms with Crippen molar-refractivity contribution < 1.29 is 14.3 Å². The second kappa shape index (κ2) is 8.25. The van der Waals surface area contributed by atoms with Crippen molar-refractivity contribution in [2.24, 2.45) is 0 Å². The quantitative estimate of drug-likeness (QED) is 0.798. The van der Waals surface area contributed by atoms with Crippen molar-refractivity contribution in [3.63, 3.8) is 0 Å². The highest BCUT2D eigenvalue weighted by molar-refractivity contribution is 6.32. The normalized spacial score (nSPS) is 10.6. The van der Waals surface area contributed by atoms with Gasteiger partial charge in [-0.1, -0.05) is 29.8 Å². The Labute approximate surface area is 140 Å². The molecule has 2 aromatic rings. The minimum Gasteiger partial charge on any atom is -0.493 e. The van der Waals surface area contributed by atoms with E-state index < -0.39 is 0 Å². The lowest BCUT2D eigenvalue weighted by atomic mass is 10.2. The Balaban J connectivity index is 2.07. The zero-order chi connectivity index (χ0) is 16.7. The van der Waals surface area contributed by atoms with Crippen molar-refractivity contribution in [2.45, 2.75) is 6.92 Å². The minimum atomic E-state index is -0.254. The molecule has 0 aliphatic rings. The molecule has 120 valence electrons. The number of benzene rings is 2. The molecule has 0 unspecified atom stereocenters. The first-order valence-electron chi connectivity index (χ1n) is 7.18. The summed E-state index contributed by atoms with van der Waals surface area (Å²) in [6.07, 6.45) is 3.10. The van der Waals surface area contributed by atoms with Crippen molar-refractivity contribution in [1.82, 2.24) is 0 Å². The van der Waals surface area contributed by atoms with Gasteiger partial charge in [-0.2, -0.15) is 0 Å². The molecule has 1 N–H and O–H groups in total. The Hall–Kier alpha value is -2.46. The number of halogens is 1. The number of ether oxygens (including phenoxy) is 2. The van der Waals surface area contributed by atoms with E-state index >= 15 is 0 Å². The first-order chi connectivity index (χ1) is 11.1. The predicted molar refractivity (Wildman–Crippen MR) is 93.3 cm³/mol. The number of rotatable bonds is 6. The second-order valence-electron chi connectivity index (χ2n) is 4.64. The van der Waals surface area contributed by atoms with E-state index in [-0.39, 0.29) is 5.91 Å². The molecule has 1 amide bonds. The van der Waals surface area contributed by atoms with E-state index in [9.17, 15) is 4.79 Å². The number of hydrogen-bond acceptors (Lipinski definition) is 3. The van der Waals surface area contributed by atoms with Gasteiger partial charge in [0.1, 0.15) is 0 Å². The standard InChI is InChI=1S/C18H18ClNO3/c1-3-23-16-10-9-14(12-17(16)22-2)20-18(21)11-8-13-6-4-5-7-15(13)19/h4-12H,3H2,1-2H3,(H,20,21)/b11-8+. The Morgan fingerprint density at radius 3 is 2.70 bits per heavy atom. The molecule has 0 aromatic heterocycles. The molecule has 2 rings (SSSR count). The van der Waals surface area contributed by atoms with Crippen LogP contribution in [0.5, 0.6) is 11.5 Å². The maximum Gasteiger partial charge on any atom is 0.248 e. The van der Waals surface area contributed by atoms with Crippen molar-refractivity contribution in [1.29, 1.82) is 0 Å². The molecule has 0 atom stereocenters. The van der Waals surface area contributed by atoms with Crippen LogP contribution >= 0.6 is 11.6 Å². The third-order valence-electron chi connectivity index (χ3n) is 3.05. The van der Waals surface area contributed by atoms with Crippen LogP contribution in [-0.4, -0.2) is 19.6 Å². The van der Waals surface area contributed by atoms with Gasteiger partial charge >= 0.3 is 0 Å². The van der Waals surface area contributed by atoms with Crippen LogP contribution in [0.2, 0.25) is 5.02 Å². The van der Waals surface area contributed by atoms with Crippen molar-refractivity contribution in [3.05, 3.63) is 59.1 Å². The van der Waals surface area contributed by atoms with Crippen LogP contribution in [-0.2, 0) is 4.79 Å². The highest BCUT2D eigenvalue weighted by Crippen LogP contribution is 2.30. The third kappa shape index (κ3) is 4.76. The molecule has 0 saturated carbocycles. The summed E-state index contributed by atoms with van der Waals surface area (Å²) in [5, 5.41) is 3.37. The van der Waals surface area contributed by atoms with Gasteiger partial charge in [0.15, 0.2) is 11.5 Å². The summed E-state index contributed by atoms with van der Waals surface area (Å²) in [4.78, 5) is 12.0. The summed E-state index contributed by atoms with van der Waals surface area (Å²) in [5.41, 5.74) is 1.41. The Bertz CT molecular complexity index is 713. The van der Waals surface area contributed by atoms with Gasteiger partial charge in [-0.15, -0.1) is 0 Å². The summed E-state index contributed by atoms with van der Waals surface area (Å²) in [5.74, 6) is 0.954. The van der Waals surface area contributed by atoms with Crippen LogP contribution in [0, 0.1) is 0 Å². The summed E-state index contributed by atoms with van der Waals surface area (Å²) in [6.45, 7) is 2.44. The molecule has 0 spiro atoms. The Morgan fingerprint density at radius 1 is 1.22 bits per heavy atom. The van der Waals surface area contributed by atoms with Crippen LogP contribution in [0.3, 0.4) is 0 Å². The van der Waals surface area contributed by atoms with Gasteiger partial charge in [-0.25, -0.2) is 0 Å².